The van der Waals surface area contributed by atoms with Gasteiger partial charge in [-0.15, -0.1) is 0 Å². The minimum atomic E-state index is 0.487. The summed E-state index contributed by atoms with van der Waals surface area (Å²) in [5.74, 6) is 0.688. The maximum Gasteiger partial charge on any atom is 0.105 e. The van der Waals surface area contributed by atoms with Gasteiger partial charge in [0.15, 0.2) is 0 Å². The van der Waals surface area contributed by atoms with Crippen LogP contribution in [0.15, 0.2) is 17.3 Å². The molecule has 0 saturated heterocycles. The van der Waals surface area contributed by atoms with Crippen molar-refractivity contribution in [3.63, 3.8) is 0 Å². The third kappa shape index (κ3) is 1.48. The van der Waals surface area contributed by atoms with Gasteiger partial charge in [-0.1, -0.05) is 0 Å². The zero-order chi connectivity index (χ0) is 9.14. The summed E-state index contributed by atoms with van der Waals surface area (Å²) in [5.41, 5.74) is 12.2. The lowest BCUT2D eigenvalue weighted by Crippen LogP contribution is -2.18. The SMILES string of the molecule is CN=c1cc(N)n(C)cc1CN. The molecule has 0 radical (unpaired) electrons. The lowest BCUT2D eigenvalue weighted by atomic mass is 10.2. The lowest BCUT2D eigenvalue weighted by Gasteiger charge is -2.06. The number of nitrogens with zero attached hydrogens (tertiary/aromatic N) is 2. The highest BCUT2D eigenvalue weighted by Gasteiger charge is 1.96. The summed E-state index contributed by atoms with van der Waals surface area (Å²) in [6, 6.07) is 1.82. The first kappa shape index (κ1) is 8.80. The number of hydrogen-bond acceptors (Lipinski definition) is 3. The van der Waals surface area contributed by atoms with E-state index in [0.717, 1.165) is 10.9 Å². The van der Waals surface area contributed by atoms with Crippen LogP contribution in [0.1, 0.15) is 5.56 Å². The van der Waals surface area contributed by atoms with Crippen molar-refractivity contribution in [2.24, 2.45) is 17.8 Å². The lowest BCUT2D eigenvalue weighted by molar-refractivity contribution is 0.874. The number of rotatable bonds is 1. The van der Waals surface area contributed by atoms with Crippen LogP contribution < -0.4 is 16.8 Å². The van der Waals surface area contributed by atoms with Gasteiger partial charge in [0.05, 0.1) is 5.36 Å². The number of pyridine rings is 1. The molecule has 4 heteroatoms. The molecule has 4 N–H and O–H groups in total. The number of nitrogen functional groups attached to an aromatic ring is 1. The minimum absolute atomic E-state index is 0.487. The third-order valence-corrected chi connectivity index (χ3v) is 1.83. The van der Waals surface area contributed by atoms with E-state index in [4.69, 9.17) is 11.5 Å². The van der Waals surface area contributed by atoms with E-state index >= 15 is 0 Å². The Kier molecular flexibility index (Phi) is 2.50. The van der Waals surface area contributed by atoms with E-state index in [-0.39, 0.29) is 0 Å². The zero-order valence-corrected chi connectivity index (χ0v) is 7.41. The van der Waals surface area contributed by atoms with E-state index in [1.54, 1.807) is 7.05 Å². The van der Waals surface area contributed by atoms with Crippen molar-refractivity contribution in [3.05, 3.63) is 23.2 Å². The Morgan fingerprint density at radius 2 is 2.25 bits per heavy atom. The van der Waals surface area contributed by atoms with Gasteiger partial charge in [0.2, 0.25) is 0 Å². The standard InChI is InChI=1S/C8H14N4/c1-11-7-3-8(10)12(2)5-6(7)4-9/h3,5H,4,9-10H2,1-2H3. The van der Waals surface area contributed by atoms with E-state index in [2.05, 4.69) is 4.99 Å². The molecule has 12 heavy (non-hydrogen) atoms. The van der Waals surface area contributed by atoms with Crippen molar-refractivity contribution in [3.8, 4) is 0 Å². The predicted molar refractivity (Wildman–Crippen MR) is 49.2 cm³/mol. The second-order valence-corrected chi connectivity index (χ2v) is 2.65. The number of hydrogen-bond donors (Lipinski definition) is 2. The van der Waals surface area contributed by atoms with Crippen LogP contribution >= 0.6 is 0 Å². The van der Waals surface area contributed by atoms with Gasteiger partial charge in [-0.05, 0) is 0 Å². The van der Waals surface area contributed by atoms with Crippen molar-refractivity contribution < 1.29 is 0 Å². The summed E-state index contributed by atoms with van der Waals surface area (Å²) in [5, 5.41) is 0.869. The van der Waals surface area contributed by atoms with Crippen LogP contribution in [0.4, 0.5) is 5.82 Å². The Morgan fingerprint density at radius 3 is 2.75 bits per heavy atom. The summed E-state index contributed by atoms with van der Waals surface area (Å²) < 4.78 is 1.83. The van der Waals surface area contributed by atoms with Gasteiger partial charge < -0.3 is 16.0 Å². The van der Waals surface area contributed by atoms with Crippen molar-refractivity contribution in [2.75, 3.05) is 12.8 Å². The molecule has 0 amide bonds. The fourth-order valence-electron chi connectivity index (χ4n) is 1.07. The summed E-state index contributed by atoms with van der Waals surface area (Å²) in [6.45, 7) is 0.487. The van der Waals surface area contributed by atoms with Crippen LogP contribution in [0.25, 0.3) is 0 Å². The fourth-order valence-corrected chi connectivity index (χ4v) is 1.07. The molecule has 1 heterocycles. The molecule has 0 saturated carbocycles. The average molecular weight is 166 g/mol. The van der Waals surface area contributed by atoms with Crippen LogP contribution in [0.2, 0.25) is 0 Å². The fraction of sp³-hybridized carbons (Fsp3) is 0.375. The van der Waals surface area contributed by atoms with E-state index in [1.807, 2.05) is 23.9 Å². The van der Waals surface area contributed by atoms with Gasteiger partial charge >= 0.3 is 0 Å². The van der Waals surface area contributed by atoms with Crippen molar-refractivity contribution in [1.29, 1.82) is 0 Å². The van der Waals surface area contributed by atoms with Crippen molar-refractivity contribution in [1.82, 2.24) is 4.57 Å². The van der Waals surface area contributed by atoms with E-state index in [1.165, 1.54) is 0 Å². The van der Waals surface area contributed by atoms with Gasteiger partial charge in [0, 0.05) is 38.5 Å². The van der Waals surface area contributed by atoms with Gasteiger partial charge in [-0.3, -0.25) is 4.99 Å². The highest BCUT2D eigenvalue weighted by atomic mass is 15.0. The Bertz CT molecular complexity index is 337. The first-order valence-electron chi connectivity index (χ1n) is 3.77. The first-order chi connectivity index (χ1) is 5.69. The maximum absolute atomic E-state index is 5.68. The summed E-state index contributed by atoms with van der Waals surface area (Å²) in [7, 11) is 3.61. The first-order valence-corrected chi connectivity index (χ1v) is 3.77. The molecule has 1 rings (SSSR count). The Hall–Kier alpha value is -1.29. The number of anilines is 1. The number of nitrogens with two attached hydrogens (primary N) is 2. The largest absolute Gasteiger partial charge is 0.385 e. The molecule has 0 unspecified atom stereocenters. The van der Waals surface area contributed by atoms with E-state index in [0.29, 0.717) is 12.4 Å². The zero-order valence-electron chi connectivity index (χ0n) is 7.41. The van der Waals surface area contributed by atoms with Crippen LogP contribution in [0.3, 0.4) is 0 Å². The summed E-state index contributed by atoms with van der Waals surface area (Å²) in [4.78, 5) is 4.07. The Balaban J connectivity index is 3.40. The molecule has 66 valence electrons. The molecule has 0 aliphatic rings. The highest BCUT2D eigenvalue weighted by molar-refractivity contribution is 5.31. The van der Waals surface area contributed by atoms with Gasteiger partial charge in [-0.25, -0.2) is 0 Å². The summed E-state index contributed by atoms with van der Waals surface area (Å²) >= 11 is 0. The van der Waals surface area contributed by atoms with Crippen LogP contribution in [-0.4, -0.2) is 11.6 Å². The summed E-state index contributed by atoms with van der Waals surface area (Å²) in [6.07, 6.45) is 1.90. The van der Waals surface area contributed by atoms with Gasteiger partial charge in [0.1, 0.15) is 5.82 Å². The molecule has 0 aromatic carbocycles. The molecule has 4 nitrogen and oxygen atoms in total. The molecule has 0 aliphatic heterocycles. The predicted octanol–water partition coefficient (Wildman–Crippen LogP) is -0.403. The quantitative estimate of drug-likeness (QED) is 0.596. The van der Waals surface area contributed by atoms with Crippen molar-refractivity contribution in [2.45, 2.75) is 6.54 Å². The molecule has 0 fully saturated rings. The smallest absolute Gasteiger partial charge is 0.105 e. The van der Waals surface area contributed by atoms with Gasteiger partial charge in [0.25, 0.3) is 0 Å². The average Bonchev–Trinajstić information content (AvgIpc) is 2.09. The molecule has 1 aromatic rings. The molecule has 0 atom stereocenters. The Morgan fingerprint density at radius 1 is 1.58 bits per heavy atom. The Labute approximate surface area is 71.5 Å². The third-order valence-electron chi connectivity index (χ3n) is 1.83. The number of aryl methyl sites for hydroxylation is 1. The van der Waals surface area contributed by atoms with Crippen molar-refractivity contribution >= 4 is 5.82 Å². The van der Waals surface area contributed by atoms with Crippen LogP contribution in [0, 0.1) is 0 Å². The molecule has 0 bridgehead atoms. The topological polar surface area (TPSA) is 69.3 Å². The molecular weight excluding hydrogens is 152 g/mol. The highest BCUT2D eigenvalue weighted by Crippen LogP contribution is 1.97. The van der Waals surface area contributed by atoms with Crippen LogP contribution in [0.5, 0.6) is 0 Å². The minimum Gasteiger partial charge on any atom is -0.385 e. The van der Waals surface area contributed by atoms with E-state index in [9.17, 15) is 0 Å². The van der Waals surface area contributed by atoms with E-state index < -0.39 is 0 Å². The molecule has 0 aliphatic carbocycles. The van der Waals surface area contributed by atoms with Crippen LogP contribution in [-0.2, 0) is 13.6 Å². The molecule has 1 aromatic heterocycles. The molecular formula is C8H14N4. The monoisotopic (exact) mass is 166 g/mol. The molecule has 0 spiro atoms. The maximum atomic E-state index is 5.68. The second-order valence-electron chi connectivity index (χ2n) is 2.65. The van der Waals surface area contributed by atoms with Gasteiger partial charge in [-0.2, -0.15) is 0 Å². The second kappa shape index (κ2) is 3.40. The number of aromatic nitrogens is 1. The normalized spacial score (nSPS) is 12.1.